The van der Waals surface area contributed by atoms with E-state index in [1.165, 1.54) is 0 Å². The SMILES string of the molecule is CCOCCC(=O)N1CCO[C@@H](c2ccc(Cl)c(Cl)c2)C1. The van der Waals surface area contributed by atoms with Crippen LogP contribution in [0.5, 0.6) is 0 Å². The third-order valence-corrected chi connectivity index (χ3v) is 4.14. The predicted octanol–water partition coefficient (Wildman–Crippen LogP) is 3.32. The number of rotatable bonds is 5. The number of carbonyl (C=O) groups excluding carboxylic acids is 1. The van der Waals surface area contributed by atoms with Crippen LogP contribution in [0.1, 0.15) is 25.0 Å². The minimum atomic E-state index is -0.162. The number of hydrogen-bond donors (Lipinski definition) is 0. The molecule has 0 unspecified atom stereocenters. The molecule has 6 heteroatoms. The molecule has 4 nitrogen and oxygen atoms in total. The van der Waals surface area contributed by atoms with Gasteiger partial charge in [-0.25, -0.2) is 0 Å². The van der Waals surface area contributed by atoms with Gasteiger partial charge in [-0.1, -0.05) is 29.3 Å². The molecule has 1 heterocycles. The Bertz CT molecular complexity index is 496. The van der Waals surface area contributed by atoms with Gasteiger partial charge in [0.1, 0.15) is 6.10 Å². The lowest BCUT2D eigenvalue weighted by molar-refractivity contribution is -0.140. The van der Waals surface area contributed by atoms with Gasteiger partial charge in [0, 0.05) is 13.2 Å². The molecule has 0 N–H and O–H groups in total. The first kappa shape index (κ1) is 16.6. The maximum atomic E-state index is 12.1. The largest absolute Gasteiger partial charge is 0.381 e. The molecule has 0 radical (unpaired) electrons. The summed E-state index contributed by atoms with van der Waals surface area (Å²) in [7, 11) is 0. The van der Waals surface area contributed by atoms with Crippen LogP contribution in [0.3, 0.4) is 0 Å². The quantitative estimate of drug-likeness (QED) is 0.777. The summed E-state index contributed by atoms with van der Waals surface area (Å²) in [4.78, 5) is 13.9. The molecule has 1 amide bonds. The first-order valence-electron chi connectivity index (χ1n) is 7.04. The fraction of sp³-hybridized carbons (Fsp3) is 0.533. The smallest absolute Gasteiger partial charge is 0.225 e. The third kappa shape index (κ3) is 4.58. The fourth-order valence-corrected chi connectivity index (χ4v) is 2.56. The molecule has 1 aliphatic heterocycles. The lowest BCUT2D eigenvalue weighted by Crippen LogP contribution is -2.42. The van der Waals surface area contributed by atoms with E-state index in [1.807, 2.05) is 17.9 Å². The lowest BCUT2D eigenvalue weighted by atomic mass is 10.1. The first-order valence-corrected chi connectivity index (χ1v) is 7.79. The highest BCUT2D eigenvalue weighted by molar-refractivity contribution is 6.42. The van der Waals surface area contributed by atoms with Crippen LogP contribution in [0, 0.1) is 0 Å². The molecular formula is C15H19Cl2NO3. The van der Waals surface area contributed by atoms with Gasteiger partial charge in [-0.15, -0.1) is 0 Å². The summed E-state index contributed by atoms with van der Waals surface area (Å²) in [5.74, 6) is 0.0943. The zero-order valence-corrected chi connectivity index (χ0v) is 13.5. The van der Waals surface area contributed by atoms with Crippen molar-refractivity contribution in [3.05, 3.63) is 33.8 Å². The number of ether oxygens (including phenoxy) is 2. The Hall–Kier alpha value is -0.810. The van der Waals surface area contributed by atoms with Gasteiger partial charge in [-0.05, 0) is 24.6 Å². The number of halogens is 2. The van der Waals surface area contributed by atoms with Crippen molar-refractivity contribution in [2.24, 2.45) is 0 Å². The van der Waals surface area contributed by atoms with E-state index in [9.17, 15) is 4.79 Å². The molecule has 1 saturated heterocycles. The highest BCUT2D eigenvalue weighted by Gasteiger charge is 2.25. The van der Waals surface area contributed by atoms with E-state index in [1.54, 1.807) is 12.1 Å². The Balaban J connectivity index is 1.96. The lowest BCUT2D eigenvalue weighted by Gasteiger charge is -2.33. The van der Waals surface area contributed by atoms with Crippen molar-refractivity contribution >= 4 is 29.1 Å². The van der Waals surface area contributed by atoms with Gasteiger partial charge >= 0.3 is 0 Å². The molecule has 0 bridgehead atoms. The van der Waals surface area contributed by atoms with Crippen molar-refractivity contribution in [3.8, 4) is 0 Å². The Morgan fingerprint density at radius 1 is 1.43 bits per heavy atom. The van der Waals surface area contributed by atoms with Gasteiger partial charge in [-0.2, -0.15) is 0 Å². The average molecular weight is 332 g/mol. The molecule has 0 aromatic heterocycles. The molecule has 0 saturated carbocycles. The molecule has 0 aliphatic carbocycles. The second-order valence-corrected chi connectivity index (χ2v) is 5.63. The molecule has 21 heavy (non-hydrogen) atoms. The van der Waals surface area contributed by atoms with Crippen molar-refractivity contribution in [2.75, 3.05) is 32.9 Å². The van der Waals surface area contributed by atoms with E-state index in [0.717, 1.165) is 5.56 Å². The third-order valence-electron chi connectivity index (χ3n) is 3.40. The van der Waals surface area contributed by atoms with Crippen LogP contribution in [-0.4, -0.2) is 43.7 Å². The highest BCUT2D eigenvalue weighted by Crippen LogP contribution is 2.29. The number of amides is 1. The van der Waals surface area contributed by atoms with E-state index in [2.05, 4.69) is 0 Å². The summed E-state index contributed by atoms with van der Waals surface area (Å²) < 4.78 is 11.0. The number of morpholine rings is 1. The minimum Gasteiger partial charge on any atom is -0.381 e. The monoisotopic (exact) mass is 331 g/mol. The number of benzene rings is 1. The molecule has 2 rings (SSSR count). The van der Waals surface area contributed by atoms with Crippen LogP contribution in [0.25, 0.3) is 0 Å². The van der Waals surface area contributed by atoms with E-state index >= 15 is 0 Å². The van der Waals surface area contributed by atoms with E-state index in [-0.39, 0.29) is 12.0 Å². The standard InChI is InChI=1S/C15H19Cl2NO3/c1-2-20-7-5-15(19)18-6-8-21-14(10-18)11-3-4-12(16)13(17)9-11/h3-4,9,14H,2,5-8,10H2,1H3/t14-/m1/s1. The Morgan fingerprint density at radius 3 is 2.95 bits per heavy atom. The van der Waals surface area contributed by atoms with Crippen LogP contribution in [0.2, 0.25) is 10.0 Å². The summed E-state index contributed by atoms with van der Waals surface area (Å²) in [6.07, 6.45) is 0.242. The van der Waals surface area contributed by atoms with Gasteiger partial charge in [0.25, 0.3) is 0 Å². The Labute approximate surface area is 134 Å². The number of nitrogens with zero attached hydrogens (tertiary/aromatic N) is 1. The van der Waals surface area contributed by atoms with Gasteiger partial charge in [-0.3, -0.25) is 4.79 Å². The second-order valence-electron chi connectivity index (χ2n) is 4.82. The molecule has 1 atom stereocenters. The zero-order chi connectivity index (χ0) is 15.2. The van der Waals surface area contributed by atoms with E-state index in [0.29, 0.717) is 49.4 Å². The van der Waals surface area contributed by atoms with Gasteiger partial charge < -0.3 is 14.4 Å². The van der Waals surface area contributed by atoms with Crippen molar-refractivity contribution < 1.29 is 14.3 Å². The minimum absolute atomic E-state index is 0.0943. The van der Waals surface area contributed by atoms with Crippen molar-refractivity contribution in [2.45, 2.75) is 19.4 Å². The summed E-state index contributed by atoms with van der Waals surface area (Å²) in [6, 6.07) is 5.42. The van der Waals surface area contributed by atoms with Crippen molar-refractivity contribution in [1.29, 1.82) is 0 Å². The van der Waals surface area contributed by atoms with Crippen LogP contribution < -0.4 is 0 Å². The van der Waals surface area contributed by atoms with E-state index < -0.39 is 0 Å². The fourth-order valence-electron chi connectivity index (χ4n) is 2.25. The number of carbonyl (C=O) groups is 1. The van der Waals surface area contributed by atoms with Crippen LogP contribution in [0.15, 0.2) is 18.2 Å². The first-order chi connectivity index (χ1) is 10.1. The maximum Gasteiger partial charge on any atom is 0.225 e. The molecular weight excluding hydrogens is 313 g/mol. The predicted molar refractivity (Wildman–Crippen MR) is 82.8 cm³/mol. The molecule has 1 aromatic carbocycles. The molecule has 1 fully saturated rings. The molecule has 116 valence electrons. The zero-order valence-electron chi connectivity index (χ0n) is 12.0. The summed E-state index contributed by atoms with van der Waals surface area (Å²) in [5.41, 5.74) is 0.937. The molecule has 1 aromatic rings. The highest BCUT2D eigenvalue weighted by atomic mass is 35.5. The Morgan fingerprint density at radius 2 is 2.24 bits per heavy atom. The normalized spacial score (nSPS) is 18.8. The summed E-state index contributed by atoms with van der Waals surface area (Å²) in [5, 5.41) is 1.01. The van der Waals surface area contributed by atoms with Crippen molar-refractivity contribution in [1.82, 2.24) is 4.90 Å². The van der Waals surface area contributed by atoms with Gasteiger partial charge in [0.05, 0.1) is 36.2 Å². The number of hydrogen-bond acceptors (Lipinski definition) is 3. The van der Waals surface area contributed by atoms with Crippen LogP contribution in [0.4, 0.5) is 0 Å². The summed E-state index contributed by atoms with van der Waals surface area (Å²) in [6.45, 7) is 4.67. The average Bonchev–Trinajstić information content (AvgIpc) is 2.50. The second kappa shape index (κ2) is 7.99. The van der Waals surface area contributed by atoms with Crippen molar-refractivity contribution in [3.63, 3.8) is 0 Å². The van der Waals surface area contributed by atoms with Crippen LogP contribution >= 0.6 is 23.2 Å². The molecule has 1 aliphatic rings. The summed E-state index contributed by atoms with van der Waals surface area (Å²) >= 11 is 12.0. The van der Waals surface area contributed by atoms with Gasteiger partial charge in [0.15, 0.2) is 0 Å². The van der Waals surface area contributed by atoms with Crippen LogP contribution in [-0.2, 0) is 14.3 Å². The Kier molecular flexibility index (Phi) is 6.30. The topological polar surface area (TPSA) is 38.8 Å². The molecule has 0 spiro atoms. The van der Waals surface area contributed by atoms with Gasteiger partial charge in [0.2, 0.25) is 5.91 Å². The maximum absolute atomic E-state index is 12.1. The van der Waals surface area contributed by atoms with E-state index in [4.69, 9.17) is 32.7 Å².